The minimum Gasteiger partial charge on any atom is -0.444 e. The first kappa shape index (κ1) is 18.2. The smallest absolute Gasteiger partial charge is 0.410 e. The third-order valence-electron chi connectivity index (χ3n) is 3.86. The normalized spacial score (nSPS) is 19.5. The molecule has 0 aromatic carbocycles. The van der Waals surface area contributed by atoms with E-state index in [0.29, 0.717) is 6.04 Å². The molecule has 1 aromatic heterocycles. The molecule has 1 aliphatic rings. The van der Waals surface area contributed by atoms with Gasteiger partial charge in [-0.05, 0) is 47.0 Å². The van der Waals surface area contributed by atoms with E-state index in [1.54, 1.807) is 11.3 Å². The summed E-state index contributed by atoms with van der Waals surface area (Å²) in [5.41, 5.74) is 0.746. The van der Waals surface area contributed by atoms with Gasteiger partial charge in [-0.25, -0.2) is 9.78 Å². The molecule has 1 aromatic rings. The van der Waals surface area contributed by atoms with Gasteiger partial charge in [0.2, 0.25) is 0 Å². The fraction of sp³-hybridized carbons (Fsp3) is 0.765. The topological polar surface area (TPSA) is 54.5 Å². The van der Waals surface area contributed by atoms with Crippen molar-refractivity contribution in [3.63, 3.8) is 0 Å². The Morgan fingerprint density at radius 1 is 1.43 bits per heavy atom. The highest BCUT2D eigenvalue weighted by atomic mass is 32.1. The average molecular weight is 340 g/mol. The Morgan fingerprint density at radius 3 is 2.87 bits per heavy atom. The van der Waals surface area contributed by atoms with Crippen molar-refractivity contribution in [2.75, 3.05) is 19.6 Å². The minimum absolute atomic E-state index is 0.184. The highest BCUT2D eigenvalue weighted by Gasteiger charge is 2.24. The number of hydrogen-bond donors (Lipinski definition) is 1. The summed E-state index contributed by atoms with van der Waals surface area (Å²) in [6, 6.07) is 0.474. The number of amides is 1. The fourth-order valence-corrected chi connectivity index (χ4v) is 3.38. The molecule has 0 spiro atoms. The summed E-state index contributed by atoms with van der Waals surface area (Å²) in [6.45, 7) is 10.3. The molecule has 0 aliphatic carbocycles. The van der Waals surface area contributed by atoms with Crippen molar-refractivity contribution in [3.8, 4) is 0 Å². The molecule has 6 heteroatoms. The van der Waals surface area contributed by atoms with E-state index in [0.717, 1.165) is 50.3 Å². The Kier molecular flexibility index (Phi) is 6.41. The second-order valence-corrected chi connectivity index (χ2v) is 8.22. The molecule has 5 nitrogen and oxygen atoms in total. The first-order valence-electron chi connectivity index (χ1n) is 8.46. The van der Waals surface area contributed by atoms with Gasteiger partial charge in [-0.3, -0.25) is 0 Å². The second-order valence-electron chi connectivity index (χ2n) is 7.16. The quantitative estimate of drug-likeness (QED) is 0.914. The number of nitrogens with zero attached hydrogens (tertiary/aromatic N) is 2. The van der Waals surface area contributed by atoms with Crippen LogP contribution in [-0.2, 0) is 11.2 Å². The number of hydrogen-bond acceptors (Lipinski definition) is 5. The number of thiazole rings is 1. The van der Waals surface area contributed by atoms with Gasteiger partial charge in [-0.2, -0.15) is 0 Å². The number of likely N-dealkylation sites (tertiary alicyclic amines) is 1. The predicted molar refractivity (Wildman–Crippen MR) is 94.0 cm³/mol. The van der Waals surface area contributed by atoms with Crippen LogP contribution in [0.2, 0.25) is 0 Å². The van der Waals surface area contributed by atoms with Gasteiger partial charge in [0.25, 0.3) is 0 Å². The zero-order valence-electron chi connectivity index (χ0n) is 14.7. The SMILES string of the molecule is Cc1nc(CCNC2CCCN(C(=O)OC(C)(C)C)CC2)cs1. The van der Waals surface area contributed by atoms with Crippen LogP contribution in [0.25, 0.3) is 0 Å². The maximum atomic E-state index is 12.2. The number of aryl methyl sites for hydroxylation is 1. The van der Waals surface area contributed by atoms with Crippen molar-refractivity contribution in [3.05, 3.63) is 16.1 Å². The van der Waals surface area contributed by atoms with Gasteiger partial charge in [0.1, 0.15) is 5.60 Å². The predicted octanol–water partition coefficient (Wildman–Crippen LogP) is 3.37. The molecule has 1 N–H and O–H groups in total. The molecule has 2 heterocycles. The fourth-order valence-electron chi connectivity index (χ4n) is 2.74. The standard InChI is InChI=1S/C17H29N3O2S/c1-13-19-15(12-23-13)7-9-18-14-6-5-10-20(11-8-14)16(21)22-17(2,3)4/h12,14,18H,5-11H2,1-4H3. The van der Waals surface area contributed by atoms with E-state index < -0.39 is 5.60 Å². The van der Waals surface area contributed by atoms with Crippen LogP contribution < -0.4 is 5.32 Å². The lowest BCUT2D eigenvalue weighted by Gasteiger charge is -2.26. The summed E-state index contributed by atoms with van der Waals surface area (Å²) in [6.07, 6.45) is 3.89. The lowest BCUT2D eigenvalue weighted by molar-refractivity contribution is 0.0256. The molecule has 1 fully saturated rings. The highest BCUT2D eigenvalue weighted by molar-refractivity contribution is 7.09. The van der Waals surface area contributed by atoms with Crippen LogP contribution in [0.4, 0.5) is 4.79 Å². The Balaban J connectivity index is 1.72. The summed E-state index contributed by atoms with van der Waals surface area (Å²) in [7, 11) is 0. The van der Waals surface area contributed by atoms with E-state index in [9.17, 15) is 4.79 Å². The van der Waals surface area contributed by atoms with Gasteiger partial charge in [-0.15, -0.1) is 11.3 Å². The zero-order valence-corrected chi connectivity index (χ0v) is 15.5. The summed E-state index contributed by atoms with van der Waals surface area (Å²) in [5, 5.41) is 6.87. The third-order valence-corrected chi connectivity index (χ3v) is 4.68. The number of carbonyl (C=O) groups excluding carboxylic acids is 1. The largest absolute Gasteiger partial charge is 0.444 e. The summed E-state index contributed by atoms with van der Waals surface area (Å²) >= 11 is 1.70. The molecule has 0 bridgehead atoms. The zero-order chi connectivity index (χ0) is 16.9. The molecule has 0 radical (unpaired) electrons. The summed E-state index contributed by atoms with van der Waals surface area (Å²) in [5.74, 6) is 0. The molecule has 23 heavy (non-hydrogen) atoms. The van der Waals surface area contributed by atoms with Gasteiger partial charge in [0, 0.05) is 37.5 Å². The van der Waals surface area contributed by atoms with Crippen LogP contribution >= 0.6 is 11.3 Å². The number of carbonyl (C=O) groups is 1. The van der Waals surface area contributed by atoms with Gasteiger partial charge >= 0.3 is 6.09 Å². The maximum absolute atomic E-state index is 12.2. The molecule has 0 saturated carbocycles. The molecule has 130 valence electrons. The van der Waals surface area contributed by atoms with Crippen molar-refractivity contribution < 1.29 is 9.53 Å². The van der Waals surface area contributed by atoms with Crippen molar-refractivity contribution in [2.45, 2.75) is 65.0 Å². The molecule has 1 atom stereocenters. The second kappa shape index (κ2) is 8.11. The first-order valence-corrected chi connectivity index (χ1v) is 9.34. The number of ether oxygens (including phenoxy) is 1. The highest BCUT2D eigenvalue weighted by Crippen LogP contribution is 2.16. The molecule has 1 amide bonds. The summed E-state index contributed by atoms with van der Waals surface area (Å²) in [4.78, 5) is 18.5. The third kappa shape index (κ3) is 6.47. The van der Waals surface area contributed by atoms with Crippen molar-refractivity contribution in [1.29, 1.82) is 0 Å². The first-order chi connectivity index (χ1) is 10.8. The van der Waals surface area contributed by atoms with E-state index in [1.165, 1.54) is 5.69 Å². The van der Waals surface area contributed by atoms with E-state index in [1.807, 2.05) is 32.6 Å². The molecule has 1 saturated heterocycles. The Morgan fingerprint density at radius 2 is 2.22 bits per heavy atom. The van der Waals surface area contributed by atoms with Crippen molar-refractivity contribution >= 4 is 17.4 Å². The lowest BCUT2D eigenvalue weighted by Crippen LogP contribution is -2.38. The van der Waals surface area contributed by atoms with Crippen molar-refractivity contribution in [1.82, 2.24) is 15.2 Å². The number of nitrogens with one attached hydrogen (secondary N) is 1. The van der Waals surface area contributed by atoms with Crippen LogP contribution in [0, 0.1) is 6.92 Å². The molecule has 2 rings (SSSR count). The van der Waals surface area contributed by atoms with Gasteiger partial charge < -0.3 is 15.0 Å². The van der Waals surface area contributed by atoms with E-state index in [4.69, 9.17) is 4.74 Å². The van der Waals surface area contributed by atoms with E-state index in [-0.39, 0.29) is 6.09 Å². The summed E-state index contributed by atoms with van der Waals surface area (Å²) < 4.78 is 5.47. The Hall–Kier alpha value is -1.14. The lowest BCUT2D eigenvalue weighted by atomic mass is 10.1. The van der Waals surface area contributed by atoms with Crippen LogP contribution in [-0.4, -0.2) is 47.3 Å². The van der Waals surface area contributed by atoms with Crippen LogP contribution in [0.5, 0.6) is 0 Å². The van der Waals surface area contributed by atoms with E-state index in [2.05, 4.69) is 15.7 Å². The number of aromatic nitrogens is 1. The Labute approximate surface area is 143 Å². The van der Waals surface area contributed by atoms with Crippen molar-refractivity contribution in [2.24, 2.45) is 0 Å². The minimum atomic E-state index is -0.424. The van der Waals surface area contributed by atoms with Gasteiger partial charge in [-0.1, -0.05) is 0 Å². The maximum Gasteiger partial charge on any atom is 0.410 e. The number of rotatable bonds is 4. The van der Waals surface area contributed by atoms with Crippen LogP contribution in [0.3, 0.4) is 0 Å². The van der Waals surface area contributed by atoms with Crippen LogP contribution in [0.15, 0.2) is 5.38 Å². The molecular formula is C17H29N3O2S. The average Bonchev–Trinajstić information content (AvgIpc) is 2.71. The monoisotopic (exact) mass is 339 g/mol. The molecular weight excluding hydrogens is 310 g/mol. The van der Waals surface area contributed by atoms with Gasteiger partial charge in [0.15, 0.2) is 0 Å². The Bertz CT molecular complexity index is 510. The van der Waals surface area contributed by atoms with Gasteiger partial charge in [0.05, 0.1) is 10.7 Å². The van der Waals surface area contributed by atoms with E-state index >= 15 is 0 Å². The molecule has 1 aliphatic heterocycles. The van der Waals surface area contributed by atoms with Crippen LogP contribution in [0.1, 0.15) is 50.7 Å². The molecule has 1 unspecified atom stereocenters.